The number of hydrogen-bond acceptors (Lipinski definition) is 4. The zero-order valence-electron chi connectivity index (χ0n) is 14.9. The third-order valence-electron chi connectivity index (χ3n) is 4.38. The molecule has 1 aromatic heterocycles. The van der Waals surface area contributed by atoms with Gasteiger partial charge in [0.05, 0.1) is 31.9 Å². The number of fused-ring (bicyclic) bond motifs is 4. The Morgan fingerprint density at radius 1 is 0.464 bits per heavy atom. The molecular formula is C24H16N2OS. The number of ether oxygens (including phenoxy) is 1. The predicted octanol–water partition coefficient (Wildman–Crippen LogP) is 6.73. The summed E-state index contributed by atoms with van der Waals surface area (Å²) in [5.74, 6) is 1.91. The smallest absolute Gasteiger partial charge is 0.141 e. The molecule has 1 aliphatic heterocycles. The Bertz CT molecular complexity index is 1090. The molecule has 134 valence electrons. The van der Waals surface area contributed by atoms with Crippen LogP contribution in [-0.4, -0.2) is 9.97 Å². The lowest BCUT2D eigenvalue weighted by Gasteiger charge is -2.18. The van der Waals surface area contributed by atoms with Crippen LogP contribution in [0.25, 0.3) is 22.1 Å². The van der Waals surface area contributed by atoms with Crippen LogP contribution >= 0.6 is 11.8 Å². The average molecular weight is 380 g/mol. The molecule has 0 saturated carbocycles. The van der Waals surface area contributed by atoms with E-state index in [0.29, 0.717) is 0 Å². The first kappa shape index (κ1) is 16.8. The Kier molecular flexibility index (Phi) is 4.39. The third kappa shape index (κ3) is 3.30. The van der Waals surface area contributed by atoms with Crippen molar-refractivity contribution in [3.8, 4) is 11.5 Å². The Balaban J connectivity index is 0.000000122. The summed E-state index contributed by atoms with van der Waals surface area (Å²) in [5.41, 5.74) is 3.80. The van der Waals surface area contributed by atoms with E-state index in [1.54, 1.807) is 11.8 Å². The molecule has 4 aromatic carbocycles. The number of rotatable bonds is 0. The van der Waals surface area contributed by atoms with E-state index in [4.69, 9.17) is 4.74 Å². The fourth-order valence-corrected chi connectivity index (χ4v) is 3.99. The van der Waals surface area contributed by atoms with Gasteiger partial charge in [-0.3, -0.25) is 0 Å². The normalized spacial score (nSPS) is 11.7. The number of aromatic nitrogens is 2. The van der Waals surface area contributed by atoms with E-state index in [-0.39, 0.29) is 0 Å². The van der Waals surface area contributed by atoms with E-state index in [1.165, 1.54) is 9.79 Å². The summed E-state index contributed by atoms with van der Waals surface area (Å²) < 4.78 is 5.76. The molecule has 0 N–H and O–H groups in total. The van der Waals surface area contributed by atoms with Gasteiger partial charge in [0.1, 0.15) is 11.5 Å². The molecule has 6 rings (SSSR count). The van der Waals surface area contributed by atoms with Crippen LogP contribution in [0.5, 0.6) is 11.5 Å². The molecule has 3 nitrogen and oxygen atoms in total. The van der Waals surface area contributed by atoms with Crippen molar-refractivity contribution in [3.05, 3.63) is 97.1 Å². The maximum atomic E-state index is 5.76. The van der Waals surface area contributed by atoms with Gasteiger partial charge in [-0.15, -0.1) is 0 Å². The lowest BCUT2D eigenvalue weighted by atomic mass is 10.2. The molecule has 0 unspecified atom stereocenters. The van der Waals surface area contributed by atoms with Crippen LogP contribution in [0.4, 0.5) is 0 Å². The molecule has 0 amide bonds. The molecule has 0 atom stereocenters. The SMILES string of the molecule is c1ccc2c(c1)Oc1ccccc1S2.c1ccc2nc3ccccc3nc2c1. The van der Waals surface area contributed by atoms with Gasteiger partial charge in [-0.05, 0) is 48.5 Å². The van der Waals surface area contributed by atoms with Crippen LogP contribution in [-0.2, 0) is 0 Å². The topological polar surface area (TPSA) is 35.0 Å². The van der Waals surface area contributed by atoms with Gasteiger partial charge in [0, 0.05) is 0 Å². The molecule has 5 aromatic rings. The second-order valence-corrected chi connectivity index (χ2v) is 7.38. The van der Waals surface area contributed by atoms with E-state index in [0.717, 1.165) is 33.6 Å². The van der Waals surface area contributed by atoms with E-state index < -0.39 is 0 Å². The molecule has 4 heteroatoms. The fraction of sp³-hybridized carbons (Fsp3) is 0. The van der Waals surface area contributed by atoms with Crippen LogP contribution < -0.4 is 4.74 Å². The summed E-state index contributed by atoms with van der Waals surface area (Å²) in [5, 5.41) is 0. The summed E-state index contributed by atoms with van der Waals surface area (Å²) in [7, 11) is 0. The van der Waals surface area contributed by atoms with Gasteiger partial charge < -0.3 is 4.74 Å². The Labute approximate surface area is 167 Å². The average Bonchev–Trinajstić information content (AvgIpc) is 2.76. The minimum absolute atomic E-state index is 0.950. The van der Waals surface area contributed by atoms with Crippen molar-refractivity contribution in [1.82, 2.24) is 9.97 Å². The maximum Gasteiger partial charge on any atom is 0.141 e. The Morgan fingerprint density at radius 2 is 0.821 bits per heavy atom. The quantitative estimate of drug-likeness (QED) is 0.274. The Hall–Kier alpha value is -3.37. The lowest BCUT2D eigenvalue weighted by Crippen LogP contribution is -1.93. The number of hydrogen-bond donors (Lipinski definition) is 0. The van der Waals surface area contributed by atoms with E-state index in [2.05, 4.69) is 22.1 Å². The highest BCUT2D eigenvalue weighted by atomic mass is 32.2. The van der Waals surface area contributed by atoms with Crippen LogP contribution in [0.3, 0.4) is 0 Å². The number of nitrogens with zero attached hydrogens (tertiary/aromatic N) is 2. The van der Waals surface area contributed by atoms with Gasteiger partial charge >= 0.3 is 0 Å². The highest BCUT2D eigenvalue weighted by Gasteiger charge is 2.15. The van der Waals surface area contributed by atoms with Gasteiger partial charge in [0.15, 0.2) is 0 Å². The van der Waals surface area contributed by atoms with Crippen molar-refractivity contribution < 1.29 is 4.74 Å². The number of para-hydroxylation sites is 6. The zero-order chi connectivity index (χ0) is 18.8. The molecule has 0 radical (unpaired) electrons. The first-order valence-electron chi connectivity index (χ1n) is 9.02. The van der Waals surface area contributed by atoms with Crippen molar-refractivity contribution in [2.45, 2.75) is 9.79 Å². The van der Waals surface area contributed by atoms with Crippen LogP contribution in [0.1, 0.15) is 0 Å². The molecule has 0 aliphatic carbocycles. The minimum Gasteiger partial charge on any atom is -0.455 e. The summed E-state index contributed by atoms with van der Waals surface area (Å²) in [6.45, 7) is 0. The molecule has 0 saturated heterocycles. The van der Waals surface area contributed by atoms with E-state index >= 15 is 0 Å². The second kappa shape index (κ2) is 7.33. The summed E-state index contributed by atoms with van der Waals surface area (Å²) in [4.78, 5) is 11.4. The van der Waals surface area contributed by atoms with E-state index in [1.807, 2.05) is 84.9 Å². The molecule has 1 aliphatic rings. The first-order valence-corrected chi connectivity index (χ1v) is 9.84. The summed E-state index contributed by atoms with van der Waals surface area (Å²) in [6.07, 6.45) is 0. The third-order valence-corrected chi connectivity index (χ3v) is 5.50. The molecule has 2 heterocycles. The van der Waals surface area contributed by atoms with Crippen LogP contribution in [0.15, 0.2) is 107 Å². The van der Waals surface area contributed by atoms with Gasteiger partial charge in [0.25, 0.3) is 0 Å². The second-order valence-electron chi connectivity index (χ2n) is 6.30. The molecule has 28 heavy (non-hydrogen) atoms. The van der Waals surface area contributed by atoms with Crippen molar-refractivity contribution in [3.63, 3.8) is 0 Å². The summed E-state index contributed by atoms with van der Waals surface area (Å²) >= 11 is 1.76. The Morgan fingerprint density at radius 3 is 1.25 bits per heavy atom. The molecular weight excluding hydrogens is 364 g/mol. The number of benzene rings is 4. The van der Waals surface area contributed by atoms with Crippen molar-refractivity contribution in [2.24, 2.45) is 0 Å². The monoisotopic (exact) mass is 380 g/mol. The van der Waals surface area contributed by atoms with Crippen LogP contribution in [0, 0.1) is 0 Å². The van der Waals surface area contributed by atoms with Gasteiger partial charge in [0.2, 0.25) is 0 Å². The largest absolute Gasteiger partial charge is 0.455 e. The van der Waals surface area contributed by atoms with Crippen LogP contribution in [0.2, 0.25) is 0 Å². The van der Waals surface area contributed by atoms with Crippen molar-refractivity contribution in [2.75, 3.05) is 0 Å². The maximum absolute atomic E-state index is 5.76. The van der Waals surface area contributed by atoms with Crippen molar-refractivity contribution >= 4 is 33.8 Å². The lowest BCUT2D eigenvalue weighted by molar-refractivity contribution is 0.454. The molecule has 0 bridgehead atoms. The highest BCUT2D eigenvalue weighted by molar-refractivity contribution is 7.99. The molecule has 0 fully saturated rings. The van der Waals surface area contributed by atoms with Gasteiger partial charge in [-0.1, -0.05) is 60.3 Å². The predicted molar refractivity (Wildman–Crippen MR) is 114 cm³/mol. The first-order chi connectivity index (χ1) is 13.9. The minimum atomic E-state index is 0.950. The van der Waals surface area contributed by atoms with E-state index in [9.17, 15) is 0 Å². The van der Waals surface area contributed by atoms with Crippen molar-refractivity contribution in [1.29, 1.82) is 0 Å². The van der Waals surface area contributed by atoms with Gasteiger partial charge in [-0.2, -0.15) is 0 Å². The molecule has 0 spiro atoms. The standard InChI is InChI=1S/C12H8N2.C12H8OS/c1-2-6-10-9(5-1)13-11-7-3-4-8-12(11)14-10;1-3-7-11-9(5-1)13-10-6-2-4-8-12(10)14-11/h2*1-8H. The summed E-state index contributed by atoms with van der Waals surface area (Å²) in [6, 6.07) is 32.0. The fourth-order valence-electron chi connectivity index (χ4n) is 3.04. The zero-order valence-corrected chi connectivity index (χ0v) is 15.8. The highest BCUT2D eigenvalue weighted by Crippen LogP contribution is 2.46. The van der Waals surface area contributed by atoms with Gasteiger partial charge in [-0.25, -0.2) is 9.97 Å².